The van der Waals surface area contributed by atoms with Crippen molar-refractivity contribution < 1.29 is 14.4 Å². The van der Waals surface area contributed by atoms with Gasteiger partial charge in [0.05, 0.1) is 34.5 Å². The molecular weight excluding hydrogens is 365 g/mol. The van der Waals surface area contributed by atoms with Crippen molar-refractivity contribution in [1.29, 1.82) is 5.26 Å². The van der Waals surface area contributed by atoms with Gasteiger partial charge in [0.1, 0.15) is 6.61 Å². The summed E-state index contributed by atoms with van der Waals surface area (Å²) in [6.45, 7) is 0.0956. The van der Waals surface area contributed by atoms with E-state index in [1.807, 2.05) is 12.1 Å². The van der Waals surface area contributed by atoms with Crippen molar-refractivity contribution in [2.24, 2.45) is 0 Å². The van der Waals surface area contributed by atoms with Crippen LogP contribution in [0.25, 0.3) is 0 Å². The Bertz CT molecular complexity index is 798. The van der Waals surface area contributed by atoms with E-state index in [-0.39, 0.29) is 22.4 Å². The number of urea groups is 1. The number of hydroxylamine groups is 1. The van der Waals surface area contributed by atoms with Gasteiger partial charge in [-0.1, -0.05) is 41.4 Å². The van der Waals surface area contributed by atoms with Gasteiger partial charge in [0.2, 0.25) is 0 Å². The van der Waals surface area contributed by atoms with Crippen molar-refractivity contribution in [3.05, 3.63) is 57.6 Å². The molecule has 0 aliphatic heterocycles. The van der Waals surface area contributed by atoms with Gasteiger partial charge in [-0.2, -0.15) is 10.3 Å². The molecule has 0 aromatic heterocycles. The molecule has 0 radical (unpaired) electrons. The van der Waals surface area contributed by atoms with Crippen LogP contribution in [0.4, 0.5) is 10.5 Å². The van der Waals surface area contributed by atoms with Crippen molar-refractivity contribution in [3.63, 3.8) is 0 Å². The molecule has 0 aliphatic carbocycles. The molecular formula is C17H15Cl2N3O3. The van der Waals surface area contributed by atoms with E-state index >= 15 is 0 Å². The minimum atomic E-state index is -0.426. The SMILES string of the molecule is CNC(=O)N(OC)c1ccccc1COc1c(Cl)cc(C#N)cc1Cl. The highest BCUT2D eigenvalue weighted by Crippen LogP contribution is 2.35. The molecule has 25 heavy (non-hydrogen) atoms. The molecule has 130 valence electrons. The molecule has 2 rings (SSSR count). The number of anilines is 1. The highest BCUT2D eigenvalue weighted by Gasteiger charge is 2.18. The minimum Gasteiger partial charge on any atom is -0.486 e. The van der Waals surface area contributed by atoms with Gasteiger partial charge in [-0.25, -0.2) is 4.79 Å². The van der Waals surface area contributed by atoms with Gasteiger partial charge in [0.25, 0.3) is 0 Å². The molecule has 0 aliphatic rings. The zero-order valence-corrected chi connectivity index (χ0v) is 15.1. The first-order valence-corrected chi connectivity index (χ1v) is 7.93. The number of amides is 2. The molecule has 0 saturated heterocycles. The molecule has 8 heteroatoms. The number of carbonyl (C=O) groups is 1. The minimum absolute atomic E-state index is 0.0956. The van der Waals surface area contributed by atoms with Crippen LogP contribution in [0, 0.1) is 11.3 Å². The quantitative estimate of drug-likeness (QED) is 0.791. The largest absolute Gasteiger partial charge is 0.486 e. The Morgan fingerprint density at radius 2 is 1.92 bits per heavy atom. The summed E-state index contributed by atoms with van der Waals surface area (Å²) in [5.74, 6) is 0.265. The van der Waals surface area contributed by atoms with E-state index in [0.717, 1.165) is 5.06 Å². The van der Waals surface area contributed by atoms with Gasteiger partial charge >= 0.3 is 6.03 Å². The molecule has 0 saturated carbocycles. The third-order valence-corrected chi connectivity index (χ3v) is 3.85. The summed E-state index contributed by atoms with van der Waals surface area (Å²) >= 11 is 12.2. The van der Waals surface area contributed by atoms with Crippen molar-refractivity contribution >= 4 is 34.9 Å². The second-order valence-corrected chi connectivity index (χ2v) is 5.64. The summed E-state index contributed by atoms with van der Waals surface area (Å²) < 4.78 is 5.71. The van der Waals surface area contributed by atoms with Crippen LogP contribution >= 0.6 is 23.2 Å². The first kappa shape index (κ1) is 18.9. The average Bonchev–Trinajstić information content (AvgIpc) is 2.62. The number of nitriles is 1. The number of halogens is 2. The Morgan fingerprint density at radius 1 is 1.28 bits per heavy atom. The summed E-state index contributed by atoms with van der Waals surface area (Å²) in [6, 6.07) is 11.6. The van der Waals surface area contributed by atoms with E-state index in [4.69, 9.17) is 38.0 Å². The number of hydrogen-bond donors (Lipinski definition) is 1. The fourth-order valence-corrected chi connectivity index (χ4v) is 2.73. The summed E-state index contributed by atoms with van der Waals surface area (Å²) in [4.78, 5) is 17.1. The van der Waals surface area contributed by atoms with Crippen LogP contribution in [0.1, 0.15) is 11.1 Å². The summed E-state index contributed by atoms with van der Waals surface area (Å²) in [6.07, 6.45) is 0. The fourth-order valence-electron chi connectivity index (χ4n) is 2.14. The Balaban J connectivity index is 2.28. The number of para-hydroxylation sites is 1. The number of ether oxygens (including phenoxy) is 1. The predicted octanol–water partition coefficient (Wildman–Crippen LogP) is 4.15. The molecule has 0 heterocycles. The molecule has 2 aromatic carbocycles. The van der Waals surface area contributed by atoms with Crippen molar-refractivity contribution in [1.82, 2.24) is 5.32 Å². The third-order valence-electron chi connectivity index (χ3n) is 3.29. The number of carbonyl (C=O) groups excluding carboxylic acids is 1. The second kappa shape index (κ2) is 8.58. The molecule has 6 nitrogen and oxygen atoms in total. The monoisotopic (exact) mass is 379 g/mol. The smallest absolute Gasteiger partial charge is 0.345 e. The van der Waals surface area contributed by atoms with E-state index in [1.165, 1.54) is 26.3 Å². The van der Waals surface area contributed by atoms with Crippen molar-refractivity contribution in [2.75, 3.05) is 19.2 Å². The van der Waals surface area contributed by atoms with E-state index in [2.05, 4.69) is 5.32 Å². The molecule has 0 unspecified atom stereocenters. The highest BCUT2D eigenvalue weighted by atomic mass is 35.5. The maximum Gasteiger partial charge on any atom is 0.345 e. The molecule has 0 spiro atoms. The lowest BCUT2D eigenvalue weighted by molar-refractivity contribution is 0.163. The Morgan fingerprint density at radius 3 is 2.48 bits per heavy atom. The van der Waals surface area contributed by atoms with Crippen LogP contribution < -0.4 is 15.1 Å². The Labute approximate surface area is 155 Å². The molecule has 2 amide bonds. The van der Waals surface area contributed by atoms with Crippen LogP contribution in [0.15, 0.2) is 36.4 Å². The van der Waals surface area contributed by atoms with E-state index < -0.39 is 6.03 Å². The van der Waals surface area contributed by atoms with Gasteiger partial charge in [-0.3, -0.25) is 4.84 Å². The highest BCUT2D eigenvalue weighted by molar-refractivity contribution is 6.37. The standard InChI is InChI=1S/C17H15Cl2N3O3/c1-21-17(23)22(24-2)15-6-4-3-5-12(15)10-25-16-13(18)7-11(9-20)8-14(16)19/h3-8H,10H2,1-2H3,(H,21,23). The van der Waals surface area contributed by atoms with Gasteiger partial charge < -0.3 is 10.1 Å². The van der Waals surface area contributed by atoms with Crippen LogP contribution in [0.5, 0.6) is 5.75 Å². The normalized spacial score (nSPS) is 10.0. The maximum atomic E-state index is 11.9. The molecule has 0 fully saturated rings. The van der Waals surface area contributed by atoms with Gasteiger partial charge in [-0.15, -0.1) is 0 Å². The Hall–Kier alpha value is -2.46. The van der Waals surface area contributed by atoms with E-state index in [0.29, 0.717) is 16.8 Å². The van der Waals surface area contributed by atoms with Gasteiger partial charge in [-0.05, 0) is 18.2 Å². The molecule has 1 N–H and O–H groups in total. The lowest BCUT2D eigenvalue weighted by Crippen LogP contribution is -2.37. The van der Waals surface area contributed by atoms with Crippen LogP contribution in [0.2, 0.25) is 10.0 Å². The maximum absolute atomic E-state index is 11.9. The summed E-state index contributed by atoms with van der Waals surface area (Å²) in [7, 11) is 2.89. The lowest BCUT2D eigenvalue weighted by atomic mass is 10.2. The van der Waals surface area contributed by atoms with Crippen molar-refractivity contribution in [2.45, 2.75) is 6.61 Å². The lowest BCUT2D eigenvalue weighted by Gasteiger charge is -2.22. The van der Waals surface area contributed by atoms with Crippen LogP contribution in [0.3, 0.4) is 0 Å². The van der Waals surface area contributed by atoms with Crippen molar-refractivity contribution in [3.8, 4) is 11.8 Å². The van der Waals surface area contributed by atoms with Gasteiger partial charge in [0, 0.05) is 12.6 Å². The number of nitrogens with one attached hydrogen (secondary N) is 1. The molecule has 0 atom stereocenters. The summed E-state index contributed by atoms with van der Waals surface area (Å²) in [5, 5.41) is 13.0. The average molecular weight is 380 g/mol. The number of nitrogens with zero attached hydrogens (tertiary/aromatic N) is 2. The van der Waals surface area contributed by atoms with Crippen LogP contribution in [-0.4, -0.2) is 20.2 Å². The third kappa shape index (κ3) is 4.34. The number of benzene rings is 2. The second-order valence-electron chi connectivity index (χ2n) is 4.83. The Kier molecular flexibility index (Phi) is 6.48. The molecule has 2 aromatic rings. The summed E-state index contributed by atoms with van der Waals surface area (Å²) in [5.41, 5.74) is 1.54. The fraction of sp³-hybridized carbons (Fsp3) is 0.176. The van der Waals surface area contributed by atoms with E-state index in [9.17, 15) is 4.79 Å². The van der Waals surface area contributed by atoms with E-state index in [1.54, 1.807) is 18.2 Å². The zero-order valence-electron chi connectivity index (χ0n) is 13.5. The number of rotatable bonds is 5. The zero-order chi connectivity index (χ0) is 18.4. The predicted molar refractivity (Wildman–Crippen MR) is 95.9 cm³/mol. The topological polar surface area (TPSA) is 74.6 Å². The van der Waals surface area contributed by atoms with Gasteiger partial charge in [0.15, 0.2) is 5.75 Å². The number of hydrogen-bond acceptors (Lipinski definition) is 4. The first-order chi connectivity index (χ1) is 12.0. The van der Waals surface area contributed by atoms with Crippen LogP contribution in [-0.2, 0) is 11.4 Å². The molecule has 0 bridgehead atoms. The first-order valence-electron chi connectivity index (χ1n) is 7.17.